The zero-order valence-corrected chi connectivity index (χ0v) is 4.29. The molecular weight excluding hydrogens is 96.1 g/mol. The van der Waals surface area contributed by atoms with E-state index in [1.54, 1.807) is 0 Å². The Bertz CT molecular complexity index is 24.3. The van der Waals surface area contributed by atoms with Crippen LogP contribution in [0.3, 0.4) is 0 Å². The maximum absolute atomic E-state index is 3.98. The molecule has 3 heteroatoms. The van der Waals surface area contributed by atoms with E-state index < -0.39 is 0 Å². The summed E-state index contributed by atoms with van der Waals surface area (Å²) in [5, 5.41) is 0. The molecule has 0 aromatic rings. The minimum atomic E-state index is 1.03. The molecule has 0 spiro atoms. The second-order valence-electron chi connectivity index (χ2n) is 1.19. The molecule has 0 amide bonds. The first-order chi connectivity index (χ1) is 3.00. The van der Waals surface area contributed by atoms with Gasteiger partial charge in [-0.3, -0.25) is 0 Å². The van der Waals surface area contributed by atoms with Crippen LogP contribution in [-0.2, 0) is 0 Å². The number of rotatable bonds is 0. The van der Waals surface area contributed by atoms with Gasteiger partial charge in [-0.15, -0.1) is 0 Å². The van der Waals surface area contributed by atoms with Gasteiger partial charge in [0.05, 0.1) is 0 Å². The predicted molar refractivity (Wildman–Crippen MR) is 27.2 cm³/mol. The lowest BCUT2D eigenvalue weighted by molar-refractivity contribution is 0.735. The summed E-state index contributed by atoms with van der Waals surface area (Å²) in [4.78, 5) is 0. The van der Waals surface area contributed by atoms with Crippen molar-refractivity contribution in [2.24, 2.45) is 0 Å². The Morgan fingerprint density at radius 2 is 2.67 bits per heavy atom. The lowest BCUT2D eigenvalue weighted by atomic mass is 10.4. The van der Waals surface area contributed by atoms with Crippen molar-refractivity contribution in [3.8, 4) is 0 Å². The molecule has 0 atom stereocenters. The van der Waals surface area contributed by atoms with E-state index in [0.717, 1.165) is 13.1 Å². The van der Waals surface area contributed by atoms with Crippen molar-refractivity contribution < 1.29 is 0 Å². The summed E-state index contributed by atoms with van der Waals surface area (Å²) >= 11 is 1.47. The largest absolute Gasteiger partial charge is 0.249 e. The third-order valence-electron chi connectivity index (χ3n) is 0.657. The zero-order chi connectivity index (χ0) is 4.24. The normalized spacial score (nSPS) is 24.0. The zero-order valence-electron chi connectivity index (χ0n) is 3.48. The Morgan fingerprint density at radius 1 is 1.67 bits per heavy atom. The van der Waals surface area contributed by atoms with Crippen LogP contribution in [0.25, 0.3) is 0 Å². The average molecular weight is 103 g/mol. The number of nitrogens with one attached hydrogen (secondary N) is 1. The van der Waals surface area contributed by atoms with Gasteiger partial charge >= 0.3 is 0 Å². The standard InChI is InChI=1S/C3H7N2S/c1-2-4-6-5-3-1/h4H,1-3H2. The van der Waals surface area contributed by atoms with Gasteiger partial charge in [0, 0.05) is 25.2 Å². The minimum Gasteiger partial charge on any atom is -0.249 e. The summed E-state index contributed by atoms with van der Waals surface area (Å²) in [5.41, 5.74) is 0. The minimum absolute atomic E-state index is 1.03. The molecule has 0 aromatic heterocycles. The molecular formula is C3H7N2S. The van der Waals surface area contributed by atoms with E-state index in [2.05, 4.69) is 9.44 Å². The lowest BCUT2D eigenvalue weighted by Crippen LogP contribution is -2.19. The molecule has 0 aliphatic carbocycles. The first kappa shape index (κ1) is 4.43. The molecule has 1 rings (SSSR count). The quantitative estimate of drug-likeness (QED) is 0.441. The van der Waals surface area contributed by atoms with Gasteiger partial charge in [-0.25, -0.2) is 4.72 Å². The smallest absolute Gasteiger partial charge is 0.0282 e. The fourth-order valence-electron chi connectivity index (χ4n) is 0.353. The Kier molecular flexibility index (Phi) is 1.80. The van der Waals surface area contributed by atoms with Crippen LogP contribution in [0.15, 0.2) is 0 Å². The van der Waals surface area contributed by atoms with Gasteiger partial charge in [-0.05, 0) is 6.42 Å². The Labute approximate surface area is 42.0 Å². The summed E-state index contributed by atoms with van der Waals surface area (Å²) in [6.45, 7) is 2.14. The van der Waals surface area contributed by atoms with Gasteiger partial charge in [0.25, 0.3) is 0 Å². The van der Waals surface area contributed by atoms with Crippen molar-refractivity contribution in [2.45, 2.75) is 6.42 Å². The SMILES string of the molecule is C1C[N]SNC1. The average Bonchev–Trinajstić information content (AvgIpc) is 1.72. The Morgan fingerprint density at radius 3 is 2.83 bits per heavy atom. The molecule has 1 aliphatic heterocycles. The summed E-state index contributed by atoms with van der Waals surface area (Å²) in [6, 6.07) is 0. The van der Waals surface area contributed by atoms with E-state index in [9.17, 15) is 0 Å². The van der Waals surface area contributed by atoms with Crippen molar-refractivity contribution in [2.75, 3.05) is 13.1 Å². The molecule has 2 nitrogen and oxygen atoms in total. The maximum Gasteiger partial charge on any atom is 0.0282 e. The lowest BCUT2D eigenvalue weighted by Gasteiger charge is -2.07. The summed E-state index contributed by atoms with van der Waals surface area (Å²) < 4.78 is 7.02. The Balaban J connectivity index is 2.00. The summed E-state index contributed by atoms with van der Waals surface area (Å²) in [7, 11) is 0. The first-order valence-corrected chi connectivity index (χ1v) is 2.83. The van der Waals surface area contributed by atoms with Crippen LogP contribution >= 0.6 is 12.1 Å². The molecule has 1 heterocycles. The first-order valence-electron chi connectivity index (χ1n) is 2.06. The fourth-order valence-corrected chi connectivity index (χ4v) is 0.900. The van der Waals surface area contributed by atoms with Crippen LogP contribution in [0, 0.1) is 0 Å². The van der Waals surface area contributed by atoms with Crippen molar-refractivity contribution in [3.63, 3.8) is 0 Å². The molecule has 35 valence electrons. The van der Waals surface area contributed by atoms with Crippen molar-refractivity contribution in [1.29, 1.82) is 0 Å². The van der Waals surface area contributed by atoms with Crippen LogP contribution in [0.5, 0.6) is 0 Å². The van der Waals surface area contributed by atoms with Crippen molar-refractivity contribution >= 4 is 12.1 Å². The number of nitrogens with zero attached hydrogens (tertiary/aromatic N) is 1. The summed E-state index contributed by atoms with van der Waals surface area (Å²) in [5.74, 6) is 0. The van der Waals surface area contributed by atoms with Gasteiger partial charge in [0.2, 0.25) is 0 Å². The topological polar surface area (TPSA) is 26.1 Å². The highest BCUT2D eigenvalue weighted by Crippen LogP contribution is 1.94. The maximum atomic E-state index is 3.98. The van der Waals surface area contributed by atoms with Gasteiger partial charge in [0.1, 0.15) is 0 Å². The molecule has 1 radical (unpaired) electrons. The second kappa shape index (κ2) is 2.44. The fraction of sp³-hybridized carbons (Fsp3) is 1.00. The van der Waals surface area contributed by atoms with Crippen LogP contribution < -0.4 is 9.44 Å². The molecule has 0 saturated carbocycles. The number of hydrogen-bond donors (Lipinski definition) is 1. The highest BCUT2D eigenvalue weighted by atomic mass is 32.2. The molecule has 0 unspecified atom stereocenters. The summed E-state index contributed by atoms with van der Waals surface area (Å²) in [6.07, 6.45) is 1.20. The highest BCUT2D eigenvalue weighted by Gasteiger charge is 1.94. The van der Waals surface area contributed by atoms with E-state index in [1.165, 1.54) is 18.6 Å². The van der Waals surface area contributed by atoms with Gasteiger partial charge in [-0.2, -0.15) is 4.72 Å². The Hall–Kier alpha value is 0.270. The van der Waals surface area contributed by atoms with Crippen molar-refractivity contribution in [1.82, 2.24) is 9.44 Å². The molecule has 0 bridgehead atoms. The molecule has 1 N–H and O–H groups in total. The van der Waals surface area contributed by atoms with Gasteiger partial charge in [-0.1, -0.05) is 0 Å². The van der Waals surface area contributed by atoms with E-state index in [-0.39, 0.29) is 0 Å². The highest BCUT2D eigenvalue weighted by molar-refractivity contribution is 7.95. The third-order valence-corrected chi connectivity index (χ3v) is 1.30. The van der Waals surface area contributed by atoms with Crippen LogP contribution in [0.2, 0.25) is 0 Å². The van der Waals surface area contributed by atoms with E-state index in [1.807, 2.05) is 0 Å². The molecule has 0 aromatic carbocycles. The van der Waals surface area contributed by atoms with Crippen LogP contribution in [0.1, 0.15) is 6.42 Å². The van der Waals surface area contributed by atoms with Crippen LogP contribution in [-0.4, -0.2) is 13.1 Å². The van der Waals surface area contributed by atoms with E-state index >= 15 is 0 Å². The van der Waals surface area contributed by atoms with Crippen LogP contribution in [0.4, 0.5) is 0 Å². The molecule has 1 fully saturated rings. The number of hydrogen-bond acceptors (Lipinski definition) is 2. The molecule has 1 saturated heterocycles. The monoisotopic (exact) mass is 103 g/mol. The molecule has 6 heavy (non-hydrogen) atoms. The van der Waals surface area contributed by atoms with E-state index in [0.29, 0.717) is 0 Å². The molecule has 1 aliphatic rings. The van der Waals surface area contributed by atoms with Crippen molar-refractivity contribution in [3.05, 3.63) is 0 Å². The third kappa shape index (κ3) is 1.16. The second-order valence-corrected chi connectivity index (χ2v) is 1.92. The van der Waals surface area contributed by atoms with Gasteiger partial charge < -0.3 is 0 Å². The van der Waals surface area contributed by atoms with E-state index in [4.69, 9.17) is 0 Å². The predicted octanol–water partition coefficient (Wildman–Crippen LogP) is 0.147. The van der Waals surface area contributed by atoms with Gasteiger partial charge in [0.15, 0.2) is 0 Å².